The number of benzene rings is 1. The van der Waals surface area contributed by atoms with Crippen molar-refractivity contribution in [3.8, 4) is 5.75 Å². The smallest absolute Gasteiger partial charge is 0.338 e. The Hall–Kier alpha value is -3.23. The van der Waals surface area contributed by atoms with Gasteiger partial charge in [0.2, 0.25) is 17.6 Å². The highest BCUT2D eigenvalue weighted by molar-refractivity contribution is 5.98. The van der Waals surface area contributed by atoms with Crippen molar-refractivity contribution in [2.75, 3.05) is 13.2 Å². The summed E-state index contributed by atoms with van der Waals surface area (Å²) in [5.74, 6) is 0.00136. The lowest BCUT2D eigenvalue weighted by Gasteiger charge is -2.13. The van der Waals surface area contributed by atoms with Crippen LogP contribution in [-0.2, 0) is 20.9 Å². The number of hydrogen-bond acceptors (Lipinski definition) is 8. The van der Waals surface area contributed by atoms with Gasteiger partial charge in [-0.15, -0.1) is 0 Å². The highest BCUT2D eigenvalue weighted by Gasteiger charge is 2.27. The summed E-state index contributed by atoms with van der Waals surface area (Å²) in [5.41, 5.74) is 0.272. The van der Waals surface area contributed by atoms with Crippen molar-refractivity contribution in [1.29, 1.82) is 0 Å². The first-order valence-electron chi connectivity index (χ1n) is 8.05. The van der Waals surface area contributed by atoms with Crippen molar-refractivity contribution in [3.63, 3.8) is 0 Å². The monoisotopic (exact) mass is 359 g/mol. The van der Waals surface area contributed by atoms with Crippen LogP contribution in [0.15, 0.2) is 28.8 Å². The van der Waals surface area contributed by atoms with E-state index in [0.717, 1.165) is 4.90 Å². The number of carbonyl (C=O) groups excluding carboxylic acids is 3. The Morgan fingerprint density at radius 1 is 1.27 bits per heavy atom. The summed E-state index contributed by atoms with van der Waals surface area (Å²) in [6.07, 6.45) is 0.994. The fraction of sp³-hybridized carbons (Fsp3) is 0.353. The molecule has 3 rings (SSSR count). The molecule has 1 aromatic heterocycles. The molecule has 0 N–H and O–H groups in total. The van der Waals surface area contributed by atoms with Crippen molar-refractivity contribution in [1.82, 2.24) is 15.0 Å². The van der Waals surface area contributed by atoms with E-state index in [0.29, 0.717) is 36.9 Å². The van der Waals surface area contributed by atoms with E-state index in [9.17, 15) is 14.4 Å². The second-order valence-corrected chi connectivity index (χ2v) is 5.66. The van der Waals surface area contributed by atoms with Crippen LogP contribution in [0.2, 0.25) is 0 Å². The second kappa shape index (κ2) is 7.77. The zero-order valence-corrected chi connectivity index (χ0v) is 14.1. The molecule has 1 aliphatic heterocycles. The molecule has 2 aromatic rings. The van der Waals surface area contributed by atoms with E-state index in [1.54, 1.807) is 19.1 Å². The highest BCUT2D eigenvalue weighted by atomic mass is 16.5. The number of hydrogen-bond donors (Lipinski definition) is 0. The van der Waals surface area contributed by atoms with Crippen LogP contribution < -0.4 is 4.74 Å². The Labute approximate surface area is 148 Å². The number of esters is 1. The minimum absolute atomic E-state index is 0.138. The molecule has 0 spiro atoms. The van der Waals surface area contributed by atoms with Gasteiger partial charge in [-0.1, -0.05) is 5.16 Å². The normalized spacial score (nSPS) is 13.7. The van der Waals surface area contributed by atoms with Crippen molar-refractivity contribution in [3.05, 3.63) is 41.5 Å². The van der Waals surface area contributed by atoms with Gasteiger partial charge >= 0.3 is 5.97 Å². The molecule has 9 heteroatoms. The maximum atomic E-state index is 12.0. The number of rotatable bonds is 6. The van der Waals surface area contributed by atoms with Crippen molar-refractivity contribution in [2.24, 2.45) is 0 Å². The molecule has 2 amide bonds. The van der Waals surface area contributed by atoms with Gasteiger partial charge in [0, 0.05) is 19.9 Å². The summed E-state index contributed by atoms with van der Waals surface area (Å²) < 4.78 is 15.3. The van der Waals surface area contributed by atoms with E-state index in [1.807, 2.05) is 0 Å². The van der Waals surface area contributed by atoms with Crippen LogP contribution in [0.1, 0.15) is 34.9 Å². The van der Waals surface area contributed by atoms with Gasteiger partial charge in [0.15, 0.2) is 13.2 Å². The molecule has 136 valence electrons. The third-order valence-electron chi connectivity index (χ3n) is 3.73. The maximum absolute atomic E-state index is 12.0. The Kier molecular flexibility index (Phi) is 5.26. The van der Waals surface area contributed by atoms with Crippen LogP contribution in [0.4, 0.5) is 0 Å². The molecule has 0 atom stereocenters. The molecule has 0 radical (unpaired) electrons. The number of likely N-dealkylation sites (tertiary alicyclic amines) is 1. The molecule has 1 fully saturated rings. The molecule has 0 saturated carbocycles. The minimum Gasteiger partial charge on any atom is -0.485 e. The highest BCUT2D eigenvalue weighted by Crippen LogP contribution is 2.15. The molecule has 26 heavy (non-hydrogen) atoms. The van der Waals surface area contributed by atoms with Crippen LogP contribution in [0.3, 0.4) is 0 Å². The molecule has 9 nitrogen and oxygen atoms in total. The van der Waals surface area contributed by atoms with Gasteiger partial charge in [0.1, 0.15) is 5.75 Å². The first-order valence-corrected chi connectivity index (χ1v) is 8.05. The van der Waals surface area contributed by atoms with E-state index in [1.165, 1.54) is 12.1 Å². The first kappa shape index (κ1) is 17.6. The van der Waals surface area contributed by atoms with E-state index < -0.39 is 18.5 Å². The number of imide groups is 1. The van der Waals surface area contributed by atoms with Crippen LogP contribution in [0, 0.1) is 6.92 Å². The molecule has 0 aliphatic carbocycles. The SMILES string of the molecule is Cc1nc(COc2ccc(C(=O)OCC(=O)N3CCCC3=O)cc2)no1. The number of nitrogens with zero attached hydrogens (tertiary/aromatic N) is 3. The van der Waals surface area contributed by atoms with Crippen LogP contribution in [-0.4, -0.2) is 46.0 Å². The Bertz CT molecular complexity index is 814. The Balaban J connectivity index is 1.48. The number of aromatic nitrogens is 2. The number of ether oxygens (including phenoxy) is 2. The summed E-state index contributed by atoms with van der Waals surface area (Å²) in [4.78, 5) is 40.4. The van der Waals surface area contributed by atoms with E-state index >= 15 is 0 Å². The summed E-state index contributed by atoms with van der Waals surface area (Å²) in [7, 11) is 0. The number of carbonyl (C=O) groups is 3. The zero-order chi connectivity index (χ0) is 18.5. The quantitative estimate of drug-likeness (QED) is 0.709. The van der Waals surface area contributed by atoms with Crippen LogP contribution >= 0.6 is 0 Å². The van der Waals surface area contributed by atoms with Gasteiger partial charge in [-0.3, -0.25) is 14.5 Å². The topological polar surface area (TPSA) is 112 Å². The van der Waals surface area contributed by atoms with Gasteiger partial charge in [-0.2, -0.15) is 4.98 Å². The molecule has 2 heterocycles. The van der Waals surface area contributed by atoms with E-state index in [4.69, 9.17) is 14.0 Å². The predicted molar refractivity (Wildman–Crippen MR) is 86.0 cm³/mol. The molecular formula is C17H17N3O6. The zero-order valence-electron chi connectivity index (χ0n) is 14.1. The maximum Gasteiger partial charge on any atom is 0.338 e. The van der Waals surface area contributed by atoms with Crippen molar-refractivity contribution in [2.45, 2.75) is 26.4 Å². The largest absolute Gasteiger partial charge is 0.485 e. The lowest BCUT2D eigenvalue weighted by Crippen LogP contribution is -2.35. The molecule has 1 saturated heterocycles. The standard InChI is InChI=1S/C17H17N3O6/c1-11-18-14(19-26-11)9-24-13-6-4-12(5-7-13)17(23)25-10-16(22)20-8-2-3-15(20)21/h4-7H,2-3,8-10H2,1H3. The Morgan fingerprint density at radius 3 is 2.65 bits per heavy atom. The summed E-state index contributed by atoms with van der Waals surface area (Å²) >= 11 is 0. The fourth-order valence-electron chi connectivity index (χ4n) is 2.44. The van der Waals surface area contributed by atoms with Gasteiger partial charge in [-0.05, 0) is 30.7 Å². The summed E-state index contributed by atoms with van der Waals surface area (Å²) in [6.45, 7) is 1.74. The van der Waals surface area contributed by atoms with Gasteiger partial charge < -0.3 is 14.0 Å². The van der Waals surface area contributed by atoms with Gasteiger partial charge in [0.05, 0.1) is 5.56 Å². The Morgan fingerprint density at radius 2 is 2.04 bits per heavy atom. The van der Waals surface area contributed by atoms with Crippen LogP contribution in [0.25, 0.3) is 0 Å². The second-order valence-electron chi connectivity index (χ2n) is 5.66. The summed E-state index contributed by atoms with van der Waals surface area (Å²) in [6, 6.07) is 6.22. The minimum atomic E-state index is -0.648. The lowest BCUT2D eigenvalue weighted by atomic mass is 10.2. The van der Waals surface area contributed by atoms with Crippen molar-refractivity contribution < 1.29 is 28.4 Å². The average molecular weight is 359 g/mol. The molecule has 0 unspecified atom stereocenters. The van der Waals surface area contributed by atoms with E-state index in [-0.39, 0.29) is 18.1 Å². The summed E-state index contributed by atoms with van der Waals surface area (Å²) in [5, 5.41) is 3.71. The van der Waals surface area contributed by atoms with Gasteiger partial charge in [-0.25, -0.2) is 4.79 Å². The molecule has 1 aliphatic rings. The van der Waals surface area contributed by atoms with Crippen LogP contribution in [0.5, 0.6) is 5.75 Å². The van der Waals surface area contributed by atoms with Gasteiger partial charge in [0.25, 0.3) is 5.91 Å². The molecule has 1 aromatic carbocycles. The first-order chi connectivity index (χ1) is 12.5. The third-order valence-corrected chi connectivity index (χ3v) is 3.73. The lowest BCUT2D eigenvalue weighted by molar-refractivity contribution is -0.143. The van der Waals surface area contributed by atoms with Crippen molar-refractivity contribution >= 4 is 17.8 Å². The molecule has 0 bridgehead atoms. The number of aryl methyl sites for hydroxylation is 1. The predicted octanol–water partition coefficient (Wildman–Crippen LogP) is 1.26. The third kappa shape index (κ3) is 4.24. The number of amides is 2. The molecular weight excluding hydrogens is 342 g/mol. The van der Waals surface area contributed by atoms with E-state index in [2.05, 4.69) is 10.1 Å². The fourth-order valence-corrected chi connectivity index (χ4v) is 2.44. The average Bonchev–Trinajstić information content (AvgIpc) is 3.26.